The van der Waals surface area contributed by atoms with E-state index < -0.39 is 0 Å². The minimum absolute atomic E-state index is 0.158. The molecular weight excluding hydrogens is 402 g/mol. The predicted molar refractivity (Wildman–Crippen MR) is 119 cm³/mol. The summed E-state index contributed by atoms with van der Waals surface area (Å²) in [6, 6.07) is 10.4. The Kier molecular flexibility index (Phi) is 19.9. The third-order valence-corrected chi connectivity index (χ3v) is 4.22. The fraction of sp³-hybridized carbons (Fsp3) is 0.739. The molecule has 0 heterocycles. The van der Waals surface area contributed by atoms with Crippen LogP contribution in [0.1, 0.15) is 12.0 Å². The van der Waals surface area contributed by atoms with Crippen LogP contribution in [0.5, 0.6) is 0 Å². The second-order valence-electron chi connectivity index (χ2n) is 6.97. The summed E-state index contributed by atoms with van der Waals surface area (Å²) in [5, 5.41) is 8.61. The maximum absolute atomic E-state index is 8.61. The van der Waals surface area contributed by atoms with Crippen molar-refractivity contribution in [1.82, 2.24) is 4.90 Å². The Morgan fingerprint density at radius 2 is 1.03 bits per heavy atom. The van der Waals surface area contributed by atoms with Crippen LogP contribution >= 0.6 is 0 Å². The number of aliphatic hydroxyl groups is 1. The van der Waals surface area contributed by atoms with Crippen molar-refractivity contribution in [3.05, 3.63) is 35.9 Å². The van der Waals surface area contributed by atoms with Crippen molar-refractivity contribution in [1.29, 1.82) is 0 Å². The van der Waals surface area contributed by atoms with Gasteiger partial charge >= 0.3 is 0 Å². The summed E-state index contributed by atoms with van der Waals surface area (Å²) >= 11 is 0. The molecule has 1 aromatic carbocycles. The summed E-state index contributed by atoms with van der Waals surface area (Å²) in [5.41, 5.74) is 1.31. The lowest BCUT2D eigenvalue weighted by Gasteiger charge is -2.16. The van der Waals surface area contributed by atoms with E-state index in [9.17, 15) is 0 Å². The highest BCUT2D eigenvalue weighted by atomic mass is 16.6. The largest absolute Gasteiger partial charge is 0.396 e. The zero-order valence-electron chi connectivity index (χ0n) is 19.0. The number of ether oxygens (including phenoxy) is 6. The molecule has 180 valence electrons. The SMILES string of the molecule is CN(CCOCCOCCOCCOCCOCCOCCCO)Cc1ccccc1. The number of hydrogen-bond donors (Lipinski definition) is 1. The molecule has 0 spiro atoms. The summed E-state index contributed by atoms with van der Waals surface area (Å²) in [5.74, 6) is 0. The normalized spacial score (nSPS) is 11.5. The van der Waals surface area contributed by atoms with Crippen LogP contribution in [0.2, 0.25) is 0 Å². The van der Waals surface area contributed by atoms with E-state index in [0.29, 0.717) is 85.7 Å². The Bertz CT molecular complexity index is 478. The van der Waals surface area contributed by atoms with Crippen LogP contribution in [-0.2, 0) is 35.0 Å². The van der Waals surface area contributed by atoms with E-state index in [-0.39, 0.29) is 6.61 Å². The lowest BCUT2D eigenvalue weighted by Crippen LogP contribution is -2.23. The number of rotatable bonds is 23. The quantitative estimate of drug-likeness (QED) is 0.256. The van der Waals surface area contributed by atoms with Crippen LogP contribution in [0.25, 0.3) is 0 Å². The summed E-state index contributed by atoms with van der Waals surface area (Å²) in [4.78, 5) is 2.24. The van der Waals surface area contributed by atoms with E-state index in [1.165, 1.54) is 5.56 Å². The van der Waals surface area contributed by atoms with Gasteiger partial charge in [-0.25, -0.2) is 0 Å². The van der Waals surface area contributed by atoms with Crippen LogP contribution in [-0.4, -0.2) is 109 Å². The number of hydrogen-bond acceptors (Lipinski definition) is 8. The molecular formula is C23H41NO7. The molecule has 0 amide bonds. The summed E-state index contributed by atoms with van der Waals surface area (Å²) in [7, 11) is 2.10. The third kappa shape index (κ3) is 19.3. The number of likely N-dealkylation sites (N-methyl/N-ethyl adjacent to an activating group) is 1. The third-order valence-electron chi connectivity index (χ3n) is 4.22. The van der Waals surface area contributed by atoms with Crippen LogP contribution in [0.3, 0.4) is 0 Å². The minimum Gasteiger partial charge on any atom is -0.396 e. The maximum Gasteiger partial charge on any atom is 0.0701 e. The smallest absolute Gasteiger partial charge is 0.0701 e. The average Bonchev–Trinajstić information content (AvgIpc) is 2.78. The predicted octanol–water partition coefficient (Wildman–Crippen LogP) is 1.60. The fourth-order valence-electron chi connectivity index (χ4n) is 2.56. The maximum atomic E-state index is 8.61. The first-order valence-electron chi connectivity index (χ1n) is 11.1. The van der Waals surface area contributed by atoms with E-state index in [1.54, 1.807) is 0 Å². The van der Waals surface area contributed by atoms with Gasteiger partial charge in [0.15, 0.2) is 0 Å². The van der Waals surface area contributed by atoms with E-state index >= 15 is 0 Å². The Balaban J connectivity index is 1.71. The monoisotopic (exact) mass is 443 g/mol. The molecule has 1 rings (SSSR count). The van der Waals surface area contributed by atoms with Gasteiger partial charge in [0.2, 0.25) is 0 Å². The zero-order chi connectivity index (χ0) is 22.2. The number of nitrogens with zero attached hydrogens (tertiary/aromatic N) is 1. The van der Waals surface area contributed by atoms with Crippen LogP contribution < -0.4 is 0 Å². The van der Waals surface area contributed by atoms with Crippen LogP contribution in [0, 0.1) is 0 Å². The fourth-order valence-corrected chi connectivity index (χ4v) is 2.56. The van der Waals surface area contributed by atoms with Crippen molar-refractivity contribution in [2.75, 3.05) is 99.5 Å². The standard InChI is InChI=1S/C23H41NO7/c1-24(22-23-6-3-2-4-7-23)8-11-27-13-15-29-17-19-31-21-20-30-18-16-28-14-12-26-10-5-9-25/h2-4,6-7,25H,5,8-22H2,1H3. The molecule has 0 aliphatic heterocycles. The van der Waals surface area contributed by atoms with Gasteiger partial charge in [0.25, 0.3) is 0 Å². The van der Waals surface area contributed by atoms with Crippen molar-refractivity contribution in [3.8, 4) is 0 Å². The zero-order valence-corrected chi connectivity index (χ0v) is 19.0. The second-order valence-corrected chi connectivity index (χ2v) is 6.97. The van der Waals surface area contributed by atoms with Gasteiger partial charge in [0.1, 0.15) is 0 Å². The van der Waals surface area contributed by atoms with E-state index in [2.05, 4.69) is 36.2 Å². The molecule has 0 radical (unpaired) electrons. The van der Waals surface area contributed by atoms with Crippen molar-refractivity contribution in [2.45, 2.75) is 13.0 Å². The molecule has 31 heavy (non-hydrogen) atoms. The molecule has 0 fully saturated rings. The molecule has 0 aliphatic carbocycles. The number of aliphatic hydroxyl groups excluding tert-OH is 1. The van der Waals surface area contributed by atoms with Gasteiger partial charge in [-0.15, -0.1) is 0 Å². The number of benzene rings is 1. The molecule has 0 aromatic heterocycles. The molecule has 0 atom stereocenters. The van der Waals surface area contributed by atoms with Gasteiger partial charge in [-0.2, -0.15) is 0 Å². The van der Waals surface area contributed by atoms with Crippen molar-refractivity contribution >= 4 is 0 Å². The first-order chi connectivity index (χ1) is 15.3. The Hall–Kier alpha value is -1.10. The molecule has 0 aliphatic rings. The molecule has 8 heteroatoms. The lowest BCUT2D eigenvalue weighted by atomic mass is 10.2. The van der Waals surface area contributed by atoms with Crippen LogP contribution in [0.4, 0.5) is 0 Å². The Labute approximate surface area is 187 Å². The van der Waals surface area contributed by atoms with E-state index in [0.717, 1.165) is 13.1 Å². The van der Waals surface area contributed by atoms with Crippen LogP contribution in [0.15, 0.2) is 30.3 Å². The Morgan fingerprint density at radius 1 is 0.613 bits per heavy atom. The van der Waals surface area contributed by atoms with Crippen molar-refractivity contribution in [3.63, 3.8) is 0 Å². The minimum atomic E-state index is 0.158. The van der Waals surface area contributed by atoms with Gasteiger partial charge in [-0.1, -0.05) is 30.3 Å². The second kappa shape index (κ2) is 22.1. The van der Waals surface area contributed by atoms with Gasteiger partial charge < -0.3 is 33.5 Å². The molecule has 8 nitrogen and oxygen atoms in total. The molecule has 0 bridgehead atoms. The van der Waals surface area contributed by atoms with Crippen molar-refractivity contribution < 1.29 is 33.5 Å². The van der Waals surface area contributed by atoms with Gasteiger partial charge in [0, 0.05) is 26.3 Å². The summed E-state index contributed by atoms with van der Waals surface area (Å²) in [6.07, 6.45) is 0.662. The first-order valence-corrected chi connectivity index (χ1v) is 11.1. The highest BCUT2D eigenvalue weighted by Crippen LogP contribution is 2.01. The molecule has 0 unspecified atom stereocenters. The molecule has 1 aromatic rings. The Morgan fingerprint density at radius 3 is 1.48 bits per heavy atom. The van der Waals surface area contributed by atoms with Gasteiger partial charge in [0.05, 0.1) is 72.7 Å². The average molecular weight is 444 g/mol. The van der Waals surface area contributed by atoms with E-state index in [4.69, 9.17) is 33.5 Å². The molecule has 0 saturated carbocycles. The highest BCUT2D eigenvalue weighted by Gasteiger charge is 2.00. The molecule has 1 N–H and O–H groups in total. The topological polar surface area (TPSA) is 78.9 Å². The summed E-state index contributed by atoms with van der Waals surface area (Å²) < 4.78 is 32.6. The first kappa shape index (κ1) is 27.9. The van der Waals surface area contributed by atoms with Crippen molar-refractivity contribution in [2.24, 2.45) is 0 Å². The summed E-state index contributed by atoms with van der Waals surface area (Å²) in [6.45, 7) is 8.73. The van der Waals surface area contributed by atoms with E-state index in [1.807, 2.05) is 6.07 Å². The van der Waals surface area contributed by atoms with Gasteiger partial charge in [-0.05, 0) is 19.0 Å². The highest BCUT2D eigenvalue weighted by molar-refractivity contribution is 5.14. The molecule has 0 saturated heterocycles. The lowest BCUT2D eigenvalue weighted by molar-refractivity contribution is -0.0177. The van der Waals surface area contributed by atoms with Gasteiger partial charge in [-0.3, -0.25) is 4.90 Å².